The van der Waals surface area contributed by atoms with Crippen molar-refractivity contribution in [3.05, 3.63) is 64.0 Å². The largest absolute Gasteiger partial charge is 0.321 e. The van der Waals surface area contributed by atoms with E-state index in [2.05, 4.69) is 5.32 Å². The number of nitrogens with one attached hydrogen (secondary N) is 1. The van der Waals surface area contributed by atoms with Gasteiger partial charge in [0.15, 0.2) is 0 Å². The molecule has 0 saturated carbocycles. The van der Waals surface area contributed by atoms with E-state index in [1.807, 2.05) is 55.5 Å². The van der Waals surface area contributed by atoms with Gasteiger partial charge in [0.2, 0.25) is 0 Å². The molecule has 0 aliphatic heterocycles. The maximum absolute atomic E-state index is 12.4. The lowest BCUT2D eigenvalue weighted by molar-refractivity contribution is 0.103. The highest BCUT2D eigenvalue weighted by Gasteiger charge is 2.17. The van der Waals surface area contributed by atoms with E-state index in [1.54, 1.807) is 0 Å². The topological polar surface area (TPSA) is 29.1 Å². The van der Waals surface area contributed by atoms with Gasteiger partial charge < -0.3 is 5.32 Å². The van der Waals surface area contributed by atoms with Crippen LogP contribution >= 0.6 is 22.9 Å². The maximum atomic E-state index is 12.4. The van der Waals surface area contributed by atoms with E-state index in [1.165, 1.54) is 11.3 Å². The molecule has 20 heavy (non-hydrogen) atoms. The number of carbonyl (C=O) groups is 1. The van der Waals surface area contributed by atoms with Crippen LogP contribution in [-0.2, 0) is 0 Å². The summed E-state index contributed by atoms with van der Waals surface area (Å²) in [6.07, 6.45) is 0. The third-order valence-corrected chi connectivity index (χ3v) is 4.81. The second-order valence-electron chi connectivity index (χ2n) is 4.51. The summed E-state index contributed by atoms with van der Waals surface area (Å²) in [5.41, 5.74) is 1.84. The minimum Gasteiger partial charge on any atom is -0.321 e. The lowest BCUT2D eigenvalue weighted by Gasteiger charge is -2.06. The number of halogens is 1. The number of rotatable bonds is 2. The van der Waals surface area contributed by atoms with Gasteiger partial charge in [-0.05, 0) is 24.6 Å². The van der Waals surface area contributed by atoms with Crippen LogP contribution in [0.4, 0.5) is 5.69 Å². The molecule has 0 bridgehead atoms. The number of anilines is 1. The molecule has 1 amide bonds. The van der Waals surface area contributed by atoms with Gasteiger partial charge in [-0.25, -0.2) is 0 Å². The molecule has 3 aromatic rings. The normalized spacial score (nSPS) is 10.7. The first-order valence-electron chi connectivity index (χ1n) is 6.21. The summed E-state index contributed by atoms with van der Waals surface area (Å²) < 4.78 is 1.02. The van der Waals surface area contributed by atoms with Gasteiger partial charge >= 0.3 is 0 Å². The highest BCUT2D eigenvalue weighted by molar-refractivity contribution is 7.21. The van der Waals surface area contributed by atoms with Gasteiger partial charge in [-0.1, -0.05) is 48.0 Å². The molecule has 0 saturated heterocycles. The van der Waals surface area contributed by atoms with Crippen LogP contribution in [0.1, 0.15) is 15.2 Å². The molecule has 4 heteroatoms. The fourth-order valence-corrected chi connectivity index (χ4v) is 3.46. The van der Waals surface area contributed by atoms with Gasteiger partial charge in [-0.15, -0.1) is 11.3 Å². The summed E-state index contributed by atoms with van der Waals surface area (Å²) in [5.74, 6) is -0.162. The molecule has 3 rings (SSSR count). The highest BCUT2D eigenvalue weighted by atomic mass is 35.5. The van der Waals surface area contributed by atoms with E-state index < -0.39 is 0 Å². The molecular weight excluding hydrogens is 290 g/mol. The van der Waals surface area contributed by atoms with Crippen LogP contribution in [-0.4, -0.2) is 5.91 Å². The summed E-state index contributed by atoms with van der Waals surface area (Å²) in [6.45, 7) is 1.96. The van der Waals surface area contributed by atoms with Gasteiger partial charge in [-0.2, -0.15) is 0 Å². The van der Waals surface area contributed by atoms with Gasteiger partial charge in [0.25, 0.3) is 5.91 Å². The Balaban J connectivity index is 1.97. The van der Waals surface area contributed by atoms with Crippen LogP contribution in [0, 0.1) is 6.92 Å². The number of amides is 1. The Hall–Kier alpha value is -1.84. The Morgan fingerprint density at radius 1 is 1.10 bits per heavy atom. The standard InChI is InChI=1S/C16H12ClNOS/c1-10-6-2-4-8-12(10)18-16(19)15-14(17)11-7-3-5-9-13(11)20-15/h2-9H,1H3,(H,18,19). The Labute approximate surface area is 126 Å². The number of aryl methyl sites for hydroxylation is 1. The first-order chi connectivity index (χ1) is 9.66. The molecule has 2 nitrogen and oxygen atoms in total. The van der Waals surface area contributed by atoms with Crippen molar-refractivity contribution in [3.8, 4) is 0 Å². The van der Waals surface area contributed by atoms with E-state index in [4.69, 9.17) is 11.6 Å². The van der Waals surface area contributed by atoms with E-state index in [-0.39, 0.29) is 5.91 Å². The number of thiophene rings is 1. The van der Waals surface area contributed by atoms with Gasteiger partial charge in [0, 0.05) is 15.8 Å². The first kappa shape index (κ1) is 13.2. The average molecular weight is 302 g/mol. The van der Waals surface area contributed by atoms with E-state index >= 15 is 0 Å². The van der Waals surface area contributed by atoms with Gasteiger partial charge in [0.05, 0.1) is 5.02 Å². The van der Waals surface area contributed by atoms with Crippen LogP contribution in [0.25, 0.3) is 10.1 Å². The van der Waals surface area contributed by atoms with Gasteiger partial charge in [0.1, 0.15) is 4.88 Å². The van der Waals surface area contributed by atoms with Crippen LogP contribution in [0.3, 0.4) is 0 Å². The smallest absolute Gasteiger partial charge is 0.267 e. The number of hydrogen-bond acceptors (Lipinski definition) is 2. The van der Waals surface area contributed by atoms with Crippen molar-refractivity contribution in [2.24, 2.45) is 0 Å². The second-order valence-corrected chi connectivity index (χ2v) is 5.94. The fourth-order valence-electron chi connectivity index (χ4n) is 2.05. The van der Waals surface area contributed by atoms with Crippen molar-refractivity contribution in [2.75, 3.05) is 5.32 Å². The Bertz CT molecular complexity index is 794. The monoisotopic (exact) mass is 301 g/mol. The van der Waals surface area contributed by atoms with Gasteiger partial charge in [-0.3, -0.25) is 4.79 Å². The van der Waals surface area contributed by atoms with Crippen molar-refractivity contribution in [3.63, 3.8) is 0 Å². The Kier molecular flexibility index (Phi) is 3.47. The van der Waals surface area contributed by atoms with Crippen LogP contribution in [0.15, 0.2) is 48.5 Å². The molecule has 1 N–H and O–H groups in total. The lowest BCUT2D eigenvalue weighted by atomic mass is 10.2. The second kappa shape index (κ2) is 5.27. The van der Waals surface area contributed by atoms with Crippen molar-refractivity contribution < 1.29 is 4.79 Å². The molecule has 0 fully saturated rings. The minimum absolute atomic E-state index is 0.162. The molecule has 2 aromatic carbocycles. The molecule has 0 spiro atoms. The number of hydrogen-bond donors (Lipinski definition) is 1. The van der Waals surface area contributed by atoms with Crippen molar-refractivity contribution >= 4 is 44.6 Å². The zero-order valence-corrected chi connectivity index (χ0v) is 12.4. The molecule has 0 unspecified atom stereocenters. The molecule has 0 aliphatic carbocycles. The molecule has 0 atom stereocenters. The lowest BCUT2D eigenvalue weighted by Crippen LogP contribution is -2.11. The first-order valence-corrected chi connectivity index (χ1v) is 7.40. The third-order valence-electron chi connectivity index (χ3n) is 3.13. The molecule has 100 valence electrons. The number of benzene rings is 2. The fraction of sp³-hybridized carbons (Fsp3) is 0.0625. The molecular formula is C16H12ClNOS. The molecule has 0 radical (unpaired) electrons. The molecule has 1 aromatic heterocycles. The zero-order chi connectivity index (χ0) is 14.1. The average Bonchev–Trinajstić information content (AvgIpc) is 2.79. The van der Waals surface area contributed by atoms with Crippen LogP contribution in [0.5, 0.6) is 0 Å². The number of carbonyl (C=O) groups excluding carboxylic acids is 1. The van der Waals surface area contributed by atoms with E-state index in [0.29, 0.717) is 9.90 Å². The predicted molar refractivity (Wildman–Crippen MR) is 86.0 cm³/mol. The Morgan fingerprint density at radius 3 is 2.55 bits per heavy atom. The van der Waals surface area contributed by atoms with E-state index in [9.17, 15) is 4.79 Å². The summed E-state index contributed by atoms with van der Waals surface area (Å²) in [6, 6.07) is 15.4. The Morgan fingerprint density at radius 2 is 1.80 bits per heavy atom. The minimum atomic E-state index is -0.162. The van der Waals surface area contributed by atoms with Crippen molar-refractivity contribution in [1.29, 1.82) is 0 Å². The molecule has 0 aliphatic rings. The SMILES string of the molecule is Cc1ccccc1NC(=O)c1sc2ccccc2c1Cl. The maximum Gasteiger partial charge on any atom is 0.267 e. The van der Waals surface area contributed by atoms with Crippen molar-refractivity contribution in [2.45, 2.75) is 6.92 Å². The summed E-state index contributed by atoms with van der Waals surface area (Å²) in [4.78, 5) is 12.9. The zero-order valence-electron chi connectivity index (χ0n) is 10.8. The highest BCUT2D eigenvalue weighted by Crippen LogP contribution is 2.35. The quantitative estimate of drug-likeness (QED) is 0.699. The number of para-hydroxylation sites is 1. The van der Waals surface area contributed by atoms with Crippen LogP contribution < -0.4 is 5.32 Å². The predicted octanol–water partition coefficient (Wildman–Crippen LogP) is 5.12. The summed E-state index contributed by atoms with van der Waals surface area (Å²) in [5, 5.41) is 4.37. The van der Waals surface area contributed by atoms with E-state index in [0.717, 1.165) is 21.3 Å². The van der Waals surface area contributed by atoms with Crippen LogP contribution in [0.2, 0.25) is 5.02 Å². The summed E-state index contributed by atoms with van der Waals surface area (Å²) in [7, 11) is 0. The molecule has 1 heterocycles. The summed E-state index contributed by atoms with van der Waals surface area (Å²) >= 11 is 7.72. The van der Waals surface area contributed by atoms with Crippen molar-refractivity contribution in [1.82, 2.24) is 0 Å². The third kappa shape index (κ3) is 2.30. The number of fused-ring (bicyclic) bond motifs is 1.